The Bertz CT molecular complexity index is 866. The Morgan fingerprint density at radius 3 is 2.64 bits per heavy atom. The molecule has 2 bridgehead atoms. The second-order valence-corrected chi connectivity index (χ2v) is 8.07. The summed E-state index contributed by atoms with van der Waals surface area (Å²) in [5.41, 5.74) is 2.05. The highest BCUT2D eigenvalue weighted by molar-refractivity contribution is 5.95. The molecular formula is C19H21F2N3O. The second kappa shape index (κ2) is 5.38. The van der Waals surface area contributed by atoms with Gasteiger partial charge in [-0.2, -0.15) is 5.10 Å². The van der Waals surface area contributed by atoms with Gasteiger partial charge >= 0.3 is 0 Å². The van der Waals surface area contributed by atoms with Crippen molar-refractivity contribution in [2.75, 3.05) is 0 Å². The first-order valence-corrected chi connectivity index (χ1v) is 8.65. The molecule has 1 heterocycles. The van der Waals surface area contributed by atoms with Gasteiger partial charge in [-0.1, -0.05) is 0 Å². The van der Waals surface area contributed by atoms with E-state index in [9.17, 15) is 13.6 Å². The highest BCUT2D eigenvalue weighted by Crippen LogP contribution is 2.54. The minimum atomic E-state index is -0.671. The highest BCUT2D eigenvalue weighted by Gasteiger charge is 2.44. The maximum atomic E-state index is 14.3. The van der Waals surface area contributed by atoms with Crippen molar-refractivity contribution in [3.8, 4) is 5.69 Å². The number of carbonyl (C=O) groups is 1. The average molecular weight is 345 g/mol. The molecule has 0 aliphatic heterocycles. The van der Waals surface area contributed by atoms with E-state index < -0.39 is 11.6 Å². The van der Waals surface area contributed by atoms with Crippen LogP contribution in [0.4, 0.5) is 8.78 Å². The maximum Gasteiger partial charge on any atom is 0.272 e. The lowest BCUT2D eigenvalue weighted by atomic mass is 9.94. The number of halogens is 2. The second-order valence-electron chi connectivity index (χ2n) is 8.07. The first-order valence-electron chi connectivity index (χ1n) is 8.65. The Hall–Kier alpha value is -2.24. The summed E-state index contributed by atoms with van der Waals surface area (Å²) < 4.78 is 29.1. The predicted octanol–water partition coefficient (Wildman–Crippen LogP) is 4.04. The lowest BCUT2D eigenvalue weighted by Crippen LogP contribution is -2.41. The van der Waals surface area contributed by atoms with Gasteiger partial charge in [0.25, 0.3) is 5.91 Å². The zero-order chi connectivity index (χ0) is 17.9. The molecule has 0 spiro atoms. The quantitative estimate of drug-likeness (QED) is 0.893. The number of rotatable bonds is 2. The molecule has 1 aromatic heterocycles. The number of hydrogen-bond donors (Lipinski definition) is 1. The lowest BCUT2D eigenvalue weighted by Gasteiger charge is -2.20. The normalized spacial score (nSPS) is 21.5. The summed E-state index contributed by atoms with van der Waals surface area (Å²) >= 11 is 0. The standard InChI is InChI=1S/C19H21F2N3O/c1-19(2,3)22-18(25)16-15-10-4-5-11(8-10)17(15)24(23-16)14-7-6-12(20)9-13(14)21/h6-7,9-11H,4-5,8H2,1-3H3,(H,22,25)/t10-,11-/m1/s1. The highest BCUT2D eigenvalue weighted by atomic mass is 19.1. The molecule has 0 saturated heterocycles. The van der Waals surface area contributed by atoms with Gasteiger partial charge in [0.2, 0.25) is 0 Å². The van der Waals surface area contributed by atoms with Crippen molar-refractivity contribution < 1.29 is 13.6 Å². The zero-order valence-electron chi connectivity index (χ0n) is 14.6. The van der Waals surface area contributed by atoms with E-state index in [4.69, 9.17) is 0 Å². The van der Waals surface area contributed by atoms with Gasteiger partial charge in [-0.25, -0.2) is 13.5 Å². The van der Waals surface area contributed by atoms with Crippen LogP contribution in [0.1, 0.15) is 73.6 Å². The van der Waals surface area contributed by atoms with Gasteiger partial charge in [0, 0.05) is 23.1 Å². The molecule has 2 aromatic rings. The smallest absolute Gasteiger partial charge is 0.272 e. The maximum absolute atomic E-state index is 14.3. The third-order valence-corrected chi connectivity index (χ3v) is 5.03. The lowest BCUT2D eigenvalue weighted by molar-refractivity contribution is 0.0912. The first kappa shape index (κ1) is 16.2. The van der Waals surface area contributed by atoms with Crippen LogP contribution in [0.3, 0.4) is 0 Å². The molecule has 2 aliphatic carbocycles. The van der Waals surface area contributed by atoms with Crippen LogP contribution in [0.25, 0.3) is 5.69 Å². The van der Waals surface area contributed by atoms with Crippen molar-refractivity contribution in [1.29, 1.82) is 0 Å². The SMILES string of the molecule is CC(C)(C)NC(=O)c1nn(-c2ccc(F)cc2F)c2c1[C@@H]1CC[C@@H]2C1. The Morgan fingerprint density at radius 1 is 1.24 bits per heavy atom. The number of nitrogens with zero attached hydrogens (tertiary/aromatic N) is 2. The molecule has 1 N–H and O–H groups in total. The zero-order valence-corrected chi connectivity index (χ0v) is 14.6. The van der Waals surface area contributed by atoms with E-state index in [0.717, 1.165) is 36.6 Å². The topological polar surface area (TPSA) is 46.9 Å². The van der Waals surface area contributed by atoms with E-state index >= 15 is 0 Å². The van der Waals surface area contributed by atoms with E-state index in [1.165, 1.54) is 16.8 Å². The van der Waals surface area contributed by atoms with Crippen molar-refractivity contribution in [2.24, 2.45) is 0 Å². The van der Waals surface area contributed by atoms with Crippen molar-refractivity contribution in [2.45, 2.75) is 57.4 Å². The van der Waals surface area contributed by atoms with Gasteiger partial charge in [0.05, 0.1) is 5.69 Å². The third-order valence-electron chi connectivity index (χ3n) is 5.03. The fourth-order valence-electron chi connectivity index (χ4n) is 4.13. The average Bonchev–Trinajstić information content (AvgIpc) is 3.17. The van der Waals surface area contributed by atoms with Crippen LogP contribution in [0, 0.1) is 11.6 Å². The summed E-state index contributed by atoms with van der Waals surface area (Å²) in [5, 5.41) is 7.40. The van der Waals surface area contributed by atoms with Gasteiger partial charge in [-0.05, 0) is 58.1 Å². The fraction of sp³-hybridized carbons (Fsp3) is 0.474. The number of amides is 1. The summed E-state index contributed by atoms with van der Waals surface area (Å²) in [4.78, 5) is 12.7. The summed E-state index contributed by atoms with van der Waals surface area (Å²) in [7, 11) is 0. The van der Waals surface area contributed by atoms with E-state index in [1.54, 1.807) is 0 Å². The summed E-state index contributed by atoms with van der Waals surface area (Å²) in [6.45, 7) is 5.73. The van der Waals surface area contributed by atoms with Crippen LogP contribution in [0.15, 0.2) is 18.2 Å². The Balaban J connectivity index is 1.86. The van der Waals surface area contributed by atoms with Crippen molar-refractivity contribution in [1.82, 2.24) is 15.1 Å². The van der Waals surface area contributed by atoms with Crippen LogP contribution in [0.2, 0.25) is 0 Å². The first-order chi connectivity index (χ1) is 11.7. The molecule has 1 fully saturated rings. The largest absolute Gasteiger partial charge is 0.346 e. The molecule has 2 aliphatic rings. The monoisotopic (exact) mass is 345 g/mol. The van der Waals surface area contributed by atoms with Gasteiger partial charge in [-0.3, -0.25) is 4.79 Å². The molecule has 0 radical (unpaired) electrons. The molecule has 6 heteroatoms. The van der Waals surface area contributed by atoms with Crippen LogP contribution in [-0.4, -0.2) is 21.2 Å². The van der Waals surface area contributed by atoms with Crippen LogP contribution < -0.4 is 5.32 Å². The molecule has 2 atom stereocenters. The van der Waals surface area contributed by atoms with Gasteiger partial charge < -0.3 is 5.32 Å². The number of hydrogen-bond acceptors (Lipinski definition) is 2. The van der Waals surface area contributed by atoms with Crippen LogP contribution >= 0.6 is 0 Å². The molecule has 1 aromatic carbocycles. The third kappa shape index (κ3) is 2.64. The molecule has 1 amide bonds. The molecule has 4 rings (SSSR count). The van der Waals surface area contributed by atoms with Crippen LogP contribution in [-0.2, 0) is 0 Å². The Labute approximate surface area is 145 Å². The van der Waals surface area contributed by atoms with Gasteiger partial charge in [-0.15, -0.1) is 0 Å². The molecule has 132 valence electrons. The fourth-order valence-corrected chi connectivity index (χ4v) is 4.13. The summed E-state index contributed by atoms with van der Waals surface area (Å²) in [5.74, 6) is -0.947. The van der Waals surface area contributed by atoms with Crippen LogP contribution in [0.5, 0.6) is 0 Å². The molecular weight excluding hydrogens is 324 g/mol. The van der Waals surface area contributed by atoms with E-state index in [2.05, 4.69) is 10.4 Å². The van der Waals surface area contributed by atoms with Gasteiger partial charge in [0.1, 0.15) is 11.5 Å². The Morgan fingerprint density at radius 2 is 1.96 bits per heavy atom. The number of carbonyl (C=O) groups excluding carboxylic acids is 1. The number of nitrogens with one attached hydrogen (secondary N) is 1. The molecule has 4 nitrogen and oxygen atoms in total. The van der Waals surface area contributed by atoms with Crippen molar-refractivity contribution in [3.63, 3.8) is 0 Å². The summed E-state index contributed by atoms with van der Waals surface area (Å²) in [6, 6.07) is 3.45. The molecule has 0 unspecified atom stereocenters. The number of benzene rings is 1. The van der Waals surface area contributed by atoms with Crippen molar-refractivity contribution >= 4 is 5.91 Å². The Kier molecular flexibility index (Phi) is 3.49. The summed E-state index contributed by atoms with van der Waals surface area (Å²) in [6.07, 6.45) is 3.03. The van der Waals surface area contributed by atoms with E-state index in [-0.39, 0.29) is 23.1 Å². The number of fused-ring (bicyclic) bond motifs is 5. The minimum absolute atomic E-state index is 0.194. The van der Waals surface area contributed by atoms with Gasteiger partial charge in [0.15, 0.2) is 11.5 Å². The van der Waals surface area contributed by atoms with E-state index in [1.807, 2.05) is 20.8 Å². The molecule has 1 saturated carbocycles. The van der Waals surface area contributed by atoms with E-state index in [0.29, 0.717) is 11.6 Å². The number of aromatic nitrogens is 2. The minimum Gasteiger partial charge on any atom is -0.346 e. The predicted molar refractivity (Wildman–Crippen MR) is 90.0 cm³/mol. The molecule has 25 heavy (non-hydrogen) atoms. The van der Waals surface area contributed by atoms with Crippen molar-refractivity contribution in [3.05, 3.63) is 46.8 Å².